The maximum atomic E-state index is 12.6. The van der Waals surface area contributed by atoms with Gasteiger partial charge in [-0.25, -0.2) is 0 Å². The van der Waals surface area contributed by atoms with Crippen LogP contribution in [0.1, 0.15) is 30.0 Å². The molecule has 0 unspecified atom stereocenters. The van der Waals surface area contributed by atoms with Gasteiger partial charge < -0.3 is 10.1 Å². The lowest BCUT2D eigenvalue weighted by Gasteiger charge is -2.09. The van der Waals surface area contributed by atoms with Crippen molar-refractivity contribution in [3.05, 3.63) is 65.9 Å². The van der Waals surface area contributed by atoms with Gasteiger partial charge in [0.05, 0.1) is 24.9 Å². The summed E-state index contributed by atoms with van der Waals surface area (Å²) in [6.07, 6.45) is 2.59. The van der Waals surface area contributed by atoms with Gasteiger partial charge in [0.1, 0.15) is 11.4 Å². The van der Waals surface area contributed by atoms with Crippen molar-refractivity contribution in [1.29, 1.82) is 0 Å². The number of nitrogens with one attached hydrogen (secondary N) is 2. The van der Waals surface area contributed by atoms with Crippen LogP contribution in [-0.4, -0.2) is 23.2 Å². The van der Waals surface area contributed by atoms with Gasteiger partial charge in [-0.05, 0) is 30.5 Å². The number of benzene rings is 2. The molecule has 26 heavy (non-hydrogen) atoms. The van der Waals surface area contributed by atoms with E-state index in [1.807, 2.05) is 54.6 Å². The lowest BCUT2D eigenvalue weighted by Crippen LogP contribution is -2.15. The van der Waals surface area contributed by atoms with Gasteiger partial charge in [0.15, 0.2) is 0 Å². The number of ether oxygens (including phenoxy) is 1. The lowest BCUT2D eigenvalue weighted by atomic mass is 10.1. The molecule has 0 aliphatic heterocycles. The summed E-state index contributed by atoms with van der Waals surface area (Å²) < 4.78 is 5.32. The number of carbonyl (C=O) groups excluding carboxylic acids is 1. The SMILES string of the molecule is COc1cccc(-c2n[nH]c(C3CC3)c2NC(=O)Cc2ccccc2)c1. The number of carbonyl (C=O) groups is 1. The average molecular weight is 347 g/mol. The van der Waals surface area contributed by atoms with Crippen molar-refractivity contribution in [3.8, 4) is 17.0 Å². The van der Waals surface area contributed by atoms with Crippen LogP contribution in [-0.2, 0) is 11.2 Å². The number of H-pyrrole nitrogens is 1. The van der Waals surface area contributed by atoms with Gasteiger partial charge in [0, 0.05) is 11.5 Å². The molecule has 2 aromatic carbocycles. The third kappa shape index (κ3) is 3.47. The van der Waals surface area contributed by atoms with Gasteiger partial charge in [0.2, 0.25) is 5.91 Å². The normalized spacial score (nSPS) is 13.4. The molecule has 1 heterocycles. The maximum absolute atomic E-state index is 12.6. The standard InChI is InChI=1S/C21H21N3O2/c1-26-17-9-5-8-16(13-17)20-21(19(23-24-20)15-10-11-15)22-18(25)12-14-6-3-2-4-7-14/h2-9,13,15H,10-12H2,1H3,(H,22,25)(H,23,24). The van der Waals surface area contributed by atoms with E-state index >= 15 is 0 Å². The minimum atomic E-state index is -0.0383. The Morgan fingerprint density at radius 3 is 2.73 bits per heavy atom. The molecule has 3 aromatic rings. The van der Waals surface area contributed by atoms with E-state index in [0.29, 0.717) is 12.3 Å². The van der Waals surface area contributed by atoms with E-state index in [9.17, 15) is 4.79 Å². The number of anilines is 1. The second-order valence-electron chi connectivity index (χ2n) is 6.58. The number of hydrogen-bond donors (Lipinski definition) is 2. The Morgan fingerprint density at radius 2 is 2.00 bits per heavy atom. The fraction of sp³-hybridized carbons (Fsp3) is 0.238. The number of rotatable bonds is 6. The van der Waals surface area contributed by atoms with Gasteiger partial charge in [-0.2, -0.15) is 5.10 Å². The minimum Gasteiger partial charge on any atom is -0.497 e. The molecule has 5 nitrogen and oxygen atoms in total. The predicted molar refractivity (Wildman–Crippen MR) is 101 cm³/mol. The highest BCUT2D eigenvalue weighted by Gasteiger charge is 2.31. The van der Waals surface area contributed by atoms with Crippen molar-refractivity contribution >= 4 is 11.6 Å². The zero-order valence-corrected chi connectivity index (χ0v) is 14.7. The first-order valence-electron chi connectivity index (χ1n) is 8.81. The van der Waals surface area contributed by atoms with E-state index in [-0.39, 0.29) is 5.91 Å². The van der Waals surface area contributed by atoms with Gasteiger partial charge in [-0.15, -0.1) is 0 Å². The second-order valence-corrected chi connectivity index (χ2v) is 6.58. The molecule has 1 aliphatic rings. The van der Waals surface area contributed by atoms with E-state index in [2.05, 4.69) is 15.5 Å². The molecule has 1 saturated carbocycles. The Labute approximate surface area is 152 Å². The predicted octanol–water partition coefficient (Wildman–Crippen LogP) is 4.14. The molecule has 0 radical (unpaired) electrons. The monoisotopic (exact) mass is 347 g/mol. The molecular weight excluding hydrogens is 326 g/mol. The average Bonchev–Trinajstić information content (AvgIpc) is 3.43. The zero-order chi connectivity index (χ0) is 17.9. The number of amides is 1. The smallest absolute Gasteiger partial charge is 0.228 e. The van der Waals surface area contributed by atoms with Crippen LogP contribution in [0.5, 0.6) is 5.75 Å². The third-order valence-electron chi connectivity index (χ3n) is 4.59. The van der Waals surface area contributed by atoms with E-state index in [4.69, 9.17) is 4.74 Å². The molecule has 0 spiro atoms. The van der Waals surface area contributed by atoms with Crippen LogP contribution in [0.3, 0.4) is 0 Å². The summed E-state index contributed by atoms with van der Waals surface area (Å²) in [5.74, 6) is 1.18. The maximum Gasteiger partial charge on any atom is 0.228 e. The van der Waals surface area contributed by atoms with Crippen molar-refractivity contribution in [2.45, 2.75) is 25.2 Å². The molecule has 0 bridgehead atoms. The van der Waals surface area contributed by atoms with Gasteiger partial charge in [0.25, 0.3) is 0 Å². The Kier molecular flexibility index (Phi) is 4.44. The molecule has 2 N–H and O–H groups in total. The number of aromatic amines is 1. The van der Waals surface area contributed by atoms with E-state index in [1.165, 1.54) is 0 Å². The molecule has 1 aliphatic carbocycles. The van der Waals surface area contributed by atoms with Crippen LogP contribution in [0.4, 0.5) is 5.69 Å². The lowest BCUT2D eigenvalue weighted by molar-refractivity contribution is -0.115. The molecule has 5 heteroatoms. The second kappa shape index (κ2) is 7.04. The molecule has 1 fully saturated rings. The number of nitrogens with zero attached hydrogens (tertiary/aromatic N) is 1. The Bertz CT molecular complexity index is 914. The van der Waals surface area contributed by atoms with Gasteiger partial charge >= 0.3 is 0 Å². The number of aromatic nitrogens is 2. The first-order chi connectivity index (χ1) is 12.7. The first-order valence-corrected chi connectivity index (χ1v) is 8.81. The van der Waals surface area contributed by atoms with Crippen LogP contribution in [0.15, 0.2) is 54.6 Å². The van der Waals surface area contributed by atoms with Crippen molar-refractivity contribution in [2.24, 2.45) is 0 Å². The number of methoxy groups -OCH3 is 1. The van der Waals surface area contributed by atoms with Gasteiger partial charge in [-0.3, -0.25) is 9.89 Å². The van der Waals surface area contributed by atoms with Crippen LogP contribution in [0.25, 0.3) is 11.3 Å². The van der Waals surface area contributed by atoms with Crippen LogP contribution in [0, 0.1) is 0 Å². The van der Waals surface area contributed by atoms with Crippen molar-refractivity contribution < 1.29 is 9.53 Å². The summed E-state index contributed by atoms with van der Waals surface area (Å²) in [7, 11) is 1.64. The Morgan fingerprint density at radius 1 is 1.19 bits per heavy atom. The zero-order valence-electron chi connectivity index (χ0n) is 14.7. The first kappa shape index (κ1) is 16.4. The van der Waals surface area contributed by atoms with Crippen molar-refractivity contribution in [3.63, 3.8) is 0 Å². The fourth-order valence-corrected chi connectivity index (χ4v) is 3.09. The molecular formula is C21H21N3O2. The van der Waals surface area contributed by atoms with Crippen molar-refractivity contribution in [2.75, 3.05) is 12.4 Å². The molecule has 1 aromatic heterocycles. The fourth-order valence-electron chi connectivity index (χ4n) is 3.09. The summed E-state index contributed by atoms with van der Waals surface area (Å²) in [6, 6.07) is 17.5. The summed E-state index contributed by atoms with van der Waals surface area (Å²) in [5, 5.41) is 10.7. The van der Waals surface area contributed by atoms with Crippen molar-refractivity contribution in [1.82, 2.24) is 10.2 Å². The molecule has 0 atom stereocenters. The molecule has 1 amide bonds. The third-order valence-corrected chi connectivity index (χ3v) is 4.59. The topological polar surface area (TPSA) is 67.0 Å². The quantitative estimate of drug-likeness (QED) is 0.704. The molecule has 4 rings (SSSR count). The van der Waals surface area contributed by atoms with Gasteiger partial charge in [-0.1, -0.05) is 42.5 Å². The molecule has 132 valence electrons. The van der Waals surface area contributed by atoms with E-state index in [0.717, 1.165) is 46.8 Å². The Hall–Kier alpha value is -3.08. The van der Waals surface area contributed by atoms with Crippen LogP contribution < -0.4 is 10.1 Å². The molecule has 0 saturated heterocycles. The Balaban J connectivity index is 1.63. The van der Waals surface area contributed by atoms with Crippen LogP contribution >= 0.6 is 0 Å². The highest BCUT2D eigenvalue weighted by Crippen LogP contribution is 2.45. The highest BCUT2D eigenvalue weighted by atomic mass is 16.5. The largest absolute Gasteiger partial charge is 0.497 e. The minimum absolute atomic E-state index is 0.0383. The van der Waals surface area contributed by atoms with Crippen LogP contribution in [0.2, 0.25) is 0 Å². The summed E-state index contributed by atoms with van der Waals surface area (Å²) >= 11 is 0. The van der Waals surface area contributed by atoms with E-state index in [1.54, 1.807) is 7.11 Å². The highest BCUT2D eigenvalue weighted by molar-refractivity contribution is 5.97. The van der Waals surface area contributed by atoms with E-state index < -0.39 is 0 Å². The summed E-state index contributed by atoms with van der Waals surface area (Å²) in [6.45, 7) is 0. The summed E-state index contributed by atoms with van der Waals surface area (Å²) in [5.41, 5.74) is 4.48. The summed E-state index contributed by atoms with van der Waals surface area (Å²) in [4.78, 5) is 12.6. The number of hydrogen-bond acceptors (Lipinski definition) is 3.